The van der Waals surface area contributed by atoms with E-state index in [1.54, 1.807) is 14.0 Å². The van der Waals surface area contributed by atoms with Crippen LogP contribution < -0.4 is 4.74 Å². The van der Waals surface area contributed by atoms with Gasteiger partial charge in [-0.15, -0.1) is 0 Å². The van der Waals surface area contributed by atoms with Crippen LogP contribution in [0.3, 0.4) is 0 Å². The molecule has 1 aromatic rings. The fourth-order valence-corrected chi connectivity index (χ4v) is 3.59. The van der Waals surface area contributed by atoms with Crippen molar-refractivity contribution in [1.29, 1.82) is 5.26 Å². The Morgan fingerprint density at radius 3 is 2.90 bits per heavy atom. The molecule has 3 atom stereocenters. The second-order valence-corrected chi connectivity index (χ2v) is 6.37. The molecule has 0 heterocycles. The number of aliphatic hydroxyl groups is 1. The van der Waals surface area contributed by atoms with Crippen molar-refractivity contribution in [1.82, 2.24) is 0 Å². The molecule has 114 valence electrons. The lowest BCUT2D eigenvalue weighted by atomic mass is 9.59. The number of methoxy groups -OCH3 is 1. The van der Waals surface area contributed by atoms with Crippen molar-refractivity contribution in [2.24, 2.45) is 11.3 Å². The second kappa shape index (κ2) is 6.07. The van der Waals surface area contributed by atoms with E-state index in [1.165, 1.54) is 0 Å². The molecule has 21 heavy (non-hydrogen) atoms. The maximum Gasteiger partial charge on any atom is 0.119 e. The van der Waals surface area contributed by atoms with Crippen molar-refractivity contribution < 1.29 is 9.84 Å². The van der Waals surface area contributed by atoms with Crippen LogP contribution in [0, 0.1) is 22.7 Å². The summed E-state index contributed by atoms with van der Waals surface area (Å²) in [5.41, 5.74) is -1.11. The third-order valence-corrected chi connectivity index (χ3v) is 5.21. The Morgan fingerprint density at radius 1 is 1.52 bits per heavy atom. The van der Waals surface area contributed by atoms with Crippen molar-refractivity contribution in [3.63, 3.8) is 0 Å². The molecule has 1 N–H and O–H groups in total. The summed E-state index contributed by atoms with van der Waals surface area (Å²) in [7, 11) is 1.61. The second-order valence-electron chi connectivity index (χ2n) is 6.37. The zero-order chi connectivity index (χ0) is 15.5. The molecule has 1 saturated carbocycles. The Labute approximate surface area is 127 Å². The van der Waals surface area contributed by atoms with Crippen LogP contribution in [-0.2, 0) is 5.60 Å². The Balaban J connectivity index is 2.41. The van der Waals surface area contributed by atoms with Crippen molar-refractivity contribution in [3.8, 4) is 11.8 Å². The third kappa shape index (κ3) is 2.78. The number of ether oxygens (including phenoxy) is 1. The minimum absolute atomic E-state index is 0.524. The van der Waals surface area contributed by atoms with E-state index in [9.17, 15) is 10.4 Å². The highest BCUT2D eigenvalue weighted by Crippen LogP contribution is 2.51. The topological polar surface area (TPSA) is 53.2 Å². The van der Waals surface area contributed by atoms with Gasteiger partial charge in [-0.3, -0.25) is 0 Å². The summed E-state index contributed by atoms with van der Waals surface area (Å²) >= 11 is 0. The predicted molar refractivity (Wildman–Crippen MR) is 82.9 cm³/mol. The van der Waals surface area contributed by atoms with Gasteiger partial charge in [0.2, 0.25) is 0 Å². The summed E-state index contributed by atoms with van der Waals surface area (Å²) < 4.78 is 5.25. The van der Waals surface area contributed by atoms with Crippen LogP contribution >= 0.6 is 0 Å². The largest absolute Gasteiger partial charge is 0.497 e. The summed E-state index contributed by atoms with van der Waals surface area (Å²) in [5.74, 6) is 1.24. The van der Waals surface area contributed by atoms with Crippen molar-refractivity contribution >= 4 is 0 Å². The van der Waals surface area contributed by atoms with Gasteiger partial charge in [0.1, 0.15) is 11.4 Å². The van der Waals surface area contributed by atoms with Crippen LogP contribution in [0.1, 0.15) is 51.5 Å². The third-order valence-electron chi connectivity index (χ3n) is 5.21. The maximum absolute atomic E-state index is 11.2. The van der Waals surface area contributed by atoms with Crippen LogP contribution in [-0.4, -0.2) is 12.2 Å². The number of hydrogen-bond donors (Lipinski definition) is 1. The molecule has 3 unspecified atom stereocenters. The van der Waals surface area contributed by atoms with Gasteiger partial charge in [-0.25, -0.2) is 0 Å². The SMILES string of the molecule is CCC1CCCC(C#N)(C(C)(O)c2cccc(OC)c2)C1. The first-order valence-electron chi connectivity index (χ1n) is 7.77. The van der Waals surface area contributed by atoms with E-state index in [-0.39, 0.29) is 0 Å². The first kappa shape index (κ1) is 15.9. The van der Waals surface area contributed by atoms with Gasteiger partial charge in [0.15, 0.2) is 0 Å². The molecule has 1 aromatic carbocycles. The molecule has 0 saturated heterocycles. The van der Waals surface area contributed by atoms with Crippen molar-refractivity contribution in [3.05, 3.63) is 29.8 Å². The van der Waals surface area contributed by atoms with Crippen LogP contribution in [0.4, 0.5) is 0 Å². The van der Waals surface area contributed by atoms with Gasteiger partial charge in [-0.2, -0.15) is 5.26 Å². The lowest BCUT2D eigenvalue weighted by molar-refractivity contribution is -0.0739. The van der Waals surface area contributed by atoms with E-state index in [4.69, 9.17) is 4.74 Å². The molecule has 0 bridgehead atoms. The van der Waals surface area contributed by atoms with E-state index in [2.05, 4.69) is 13.0 Å². The summed E-state index contributed by atoms with van der Waals surface area (Å²) in [5, 5.41) is 21.1. The normalized spacial score (nSPS) is 28.4. The van der Waals surface area contributed by atoms with E-state index < -0.39 is 11.0 Å². The number of nitriles is 1. The minimum Gasteiger partial charge on any atom is -0.497 e. The minimum atomic E-state index is -1.16. The summed E-state index contributed by atoms with van der Waals surface area (Å²) in [6.45, 7) is 3.95. The molecule has 0 radical (unpaired) electrons. The first-order chi connectivity index (χ1) is 9.99. The summed E-state index contributed by atoms with van der Waals surface area (Å²) in [4.78, 5) is 0. The molecule has 2 rings (SSSR count). The number of benzene rings is 1. The van der Waals surface area contributed by atoms with E-state index in [0.717, 1.165) is 37.7 Å². The molecule has 0 aliphatic heterocycles. The number of rotatable bonds is 4. The standard InChI is InChI=1S/C18H25NO2/c1-4-14-7-6-10-18(12-14,13-19)17(2,20)15-8-5-9-16(11-15)21-3/h5,8-9,11,14,20H,4,6-7,10,12H2,1-3H3. The van der Waals surface area contributed by atoms with Gasteiger partial charge in [-0.05, 0) is 43.4 Å². The molecule has 1 aliphatic rings. The first-order valence-corrected chi connectivity index (χ1v) is 7.77. The zero-order valence-electron chi connectivity index (χ0n) is 13.2. The number of nitrogens with zero attached hydrogens (tertiary/aromatic N) is 1. The Hall–Kier alpha value is -1.53. The Morgan fingerprint density at radius 2 is 2.29 bits per heavy atom. The summed E-state index contributed by atoms with van der Waals surface area (Å²) in [6, 6.07) is 9.92. The predicted octanol–water partition coefficient (Wildman–Crippen LogP) is 4.01. The smallest absolute Gasteiger partial charge is 0.119 e. The lowest BCUT2D eigenvalue weighted by Crippen LogP contribution is -2.45. The highest BCUT2D eigenvalue weighted by molar-refractivity contribution is 5.35. The molecule has 1 fully saturated rings. The van der Waals surface area contributed by atoms with Gasteiger partial charge in [-0.1, -0.05) is 38.3 Å². The van der Waals surface area contributed by atoms with Crippen LogP contribution in [0.2, 0.25) is 0 Å². The molecule has 3 nitrogen and oxygen atoms in total. The van der Waals surface area contributed by atoms with Crippen molar-refractivity contribution in [2.75, 3.05) is 7.11 Å². The summed E-state index contributed by atoms with van der Waals surface area (Å²) in [6.07, 6.45) is 4.76. The lowest BCUT2D eigenvalue weighted by Gasteiger charge is -2.45. The highest BCUT2D eigenvalue weighted by Gasteiger charge is 2.51. The maximum atomic E-state index is 11.2. The average Bonchev–Trinajstić information content (AvgIpc) is 2.54. The molecular weight excluding hydrogens is 262 g/mol. The quantitative estimate of drug-likeness (QED) is 0.910. The Kier molecular flexibility index (Phi) is 4.58. The number of hydrogen-bond acceptors (Lipinski definition) is 3. The average molecular weight is 287 g/mol. The monoisotopic (exact) mass is 287 g/mol. The molecular formula is C18H25NO2. The fraction of sp³-hybridized carbons (Fsp3) is 0.611. The van der Waals surface area contributed by atoms with Gasteiger partial charge in [0, 0.05) is 0 Å². The molecule has 0 amide bonds. The van der Waals surface area contributed by atoms with Gasteiger partial charge in [0.05, 0.1) is 18.6 Å². The van der Waals surface area contributed by atoms with Gasteiger partial charge in [0.25, 0.3) is 0 Å². The Bertz CT molecular complexity index is 532. The zero-order valence-corrected chi connectivity index (χ0v) is 13.2. The van der Waals surface area contributed by atoms with Crippen molar-refractivity contribution in [2.45, 2.75) is 51.6 Å². The van der Waals surface area contributed by atoms with Crippen LogP contribution in [0.15, 0.2) is 24.3 Å². The van der Waals surface area contributed by atoms with Gasteiger partial charge < -0.3 is 9.84 Å². The van der Waals surface area contributed by atoms with Crippen LogP contribution in [0.25, 0.3) is 0 Å². The van der Waals surface area contributed by atoms with Crippen LogP contribution in [0.5, 0.6) is 5.75 Å². The van der Waals surface area contributed by atoms with E-state index >= 15 is 0 Å². The molecule has 0 spiro atoms. The van der Waals surface area contributed by atoms with E-state index in [0.29, 0.717) is 11.7 Å². The fourth-order valence-electron chi connectivity index (χ4n) is 3.59. The molecule has 0 aromatic heterocycles. The van der Waals surface area contributed by atoms with Gasteiger partial charge >= 0.3 is 0 Å². The van der Waals surface area contributed by atoms with E-state index in [1.807, 2.05) is 24.3 Å². The highest BCUT2D eigenvalue weighted by atomic mass is 16.5. The molecule has 1 aliphatic carbocycles. The molecule has 3 heteroatoms.